The van der Waals surface area contributed by atoms with Gasteiger partial charge in [0.25, 0.3) is 0 Å². The number of benzene rings is 1. The van der Waals surface area contributed by atoms with Crippen molar-refractivity contribution < 1.29 is 17.2 Å². The Morgan fingerprint density at radius 3 is 2.18 bits per heavy atom. The fraction of sp³-hybridized carbons (Fsp3) is 0.400. The van der Waals surface area contributed by atoms with Gasteiger partial charge in [0.05, 0.1) is 0 Å². The Balaban J connectivity index is 2.38. The van der Waals surface area contributed by atoms with Crippen LogP contribution in [0.4, 0.5) is 14.5 Å². The molecule has 0 aromatic heterocycles. The van der Waals surface area contributed by atoms with Crippen molar-refractivity contribution in [2.24, 2.45) is 0 Å². The molecule has 0 atom stereocenters. The zero-order valence-corrected chi connectivity index (χ0v) is 9.73. The van der Waals surface area contributed by atoms with Crippen LogP contribution in [0.1, 0.15) is 19.3 Å². The molecule has 1 saturated carbocycles. The van der Waals surface area contributed by atoms with Crippen LogP contribution in [0.25, 0.3) is 0 Å². The summed E-state index contributed by atoms with van der Waals surface area (Å²) >= 11 is 0. The first-order valence-corrected chi connectivity index (χ1v) is 6.65. The van der Waals surface area contributed by atoms with Crippen molar-refractivity contribution in [2.45, 2.75) is 30.2 Å². The first-order valence-electron chi connectivity index (χ1n) is 5.17. The lowest BCUT2D eigenvalue weighted by molar-refractivity contribution is 0.381. The Kier molecular flexibility index (Phi) is 3.05. The van der Waals surface area contributed by atoms with Crippen LogP contribution in [0.15, 0.2) is 17.0 Å². The molecule has 0 aliphatic heterocycles. The van der Waals surface area contributed by atoms with Crippen molar-refractivity contribution in [3.05, 3.63) is 23.8 Å². The summed E-state index contributed by atoms with van der Waals surface area (Å²) in [6.07, 6.45) is 2.30. The molecule has 17 heavy (non-hydrogen) atoms. The molecule has 1 aliphatic carbocycles. The number of nitrogens with two attached hydrogens (primary N) is 1. The molecule has 0 radical (unpaired) electrons. The zero-order chi connectivity index (χ0) is 12.6. The van der Waals surface area contributed by atoms with Gasteiger partial charge in [0.1, 0.15) is 11.6 Å². The van der Waals surface area contributed by atoms with E-state index < -0.39 is 26.6 Å². The molecule has 1 aromatic carbocycles. The highest BCUT2D eigenvalue weighted by Gasteiger charge is 2.29. The van der Waals surface area contributed by atoms with Gasteiger partial charge in [-0.25, -0.2) is 21.9 Å². The molecule has 0 unspecified atom stereocenters. The van der Waals surface area contributed by atoms with Crippen LogP contribution in [0, 0.1) is 11.6 Å². The molecule has 3 N–H and O–H groups in total. The smallest absolute Gasteiger partial charge is 0.246 e. The summed E-state index contributed by atoms with van der Waals surface area (Å²) in [4.78, 5) is -0.960. The lowest BCUT2D eigenvalue weighted by Crippen LogP contribution is -2.40. The summed E-state index contributed by atoms with van der Waals surface area (Å²) in [5.41, 5.74) is 5.06. The summed E-state index contributed by atoms with van der Waals surface area (Å²) in [6, 6.07) is 1.35. The van der Waals surface area contributed by atoms with Crippen molar-refractivity contribution in [1.82, 2.24) is 4.72 Å². The SMILES string of the molecule is Nc1cc(F)c(S(=O)(=O)NC2CCC2)c(F)c1. The van der Waals surface area contributed by atoms with Crippen LogP contribution in [0.5, 0.6) is 0 Å². The molecule has 94 valence electrons. The van der Waals surface area contributed by atoms with Crippen LogP contribution in [0.2, 0.25) is 0 Å². The van der Waals surface area contributed by atoms with E-state index in [1.54, 1.807) is 0 Å². The third kappa shape index (κ3) is 2.39. The van der Waals surface area contributed by atoms with Crippen molar-refractivity contribution in [2.75, 3.05) is 5.73 Å². The van der Waals surface area contributed by atoms with Gasteiger partial charge in [0.15, 0.2) is 4.90 Å². The van der Waals surface area contributed by atoms with E-state index in [2.05, 4.69) is 4.72 Å². The number of nitrogen functional groups attached to an aromatic ring is 1. The van der Waals surface area contributed by atoms with Gasteiger partial charge in [-0.3, -0.25) is 0 Å². The lowest BCUT2D eigenvalue weighted by Gasteiger charge is -2.26. The lowest BCUT2D eigenvalue weighted by atomic mass is 9.94. The molecule has 1 aliphatic rings. The van der Waals surface area contributed by atoms with E-state index in [0.29, 0.717) is 12.8 Å². The summed E-state index contributed by atoms with van der Waals surface area (Å²) in [5, 5.41) is 0. The highest BCUT2D eigenvalue weighted by molar-refractivity contribution is 7.89. The Morgan fingerprint density at radius 2 is 1.76 bits per heavy atom. The second-order valence-electron chi connectivity index (χ2n) is 4.06. The minimum Gasteiger partial charge on any atom is -0.399 e. The first kappa shape index (κ1) is 12.3. The summed E-state index contributed by atoms with van der Waals surface area (Å²) < 4.78 is 52.7. The van der Waals surface area contributed by atoms with E-state index in [9.17, 15) is 17.2 Å². The van der Waals surface area contributed by atoms with Gasteiger partial charge in [-0.15, -0.1) is 0 Å². The second kappa shape index (κ2) is 4.23. The second-order valence-corrected chi connectivity index (χ2v) is 5.71. The van der Waals surface area contributed by atoms with Gasteiger partial charge in [-0.2, -0.15) is 0 Å². The molecule has 1 aromatic rings. The van der Waals surface area contributed by atoms with Gasteiger partial charge in [0.2, 0.25) is 10.0 Å². The van der Waals surface area contributed by atoms with Crippen molar-refractivity contribution in [1.29, 1.82) is 0 Å². The predicted octanol–water partition coefficient (Wildman–Crippen LogP) is 1.38. The molecule has 0 bridgehead atoms. The molecule has 0 amide bonds. The first-order chi connectivity index (χ1) is 7.90. The van der Waals surface area contributed by atoms with E-state index in [1.807, 2.05) is 0 Å². The van der Waals surface area contributed by atoms with E-state index >= 15 is 0 Å². The van der Waals surface area contributed by atoms with E-state index in [-0.39, 0.29) is 11.7 Å². The van der Waals surface area contributed by atoms with Crippen LogP contribution < -0.4 is 10.5 Å². The Bertz CT molecular complexity index is 518. The number of anilines is 1. The van der Waals surface area contributed by atoms with Gasteiger partial charge in [-0.1, -0.05) is 6.42 Å². The zero-order valence-electron chi connectivity index (χ0n) is 8.91. The standard InChI is InChI=1S/C10H12F2N2O2S/c11-8-4-6(13)5-9(12)10(8)17(15,16)14-7-2-1-3-7/h4-5,7,14H,1-3,13H2. The number of halogens is 2. The maximum atomic E-state index is 13.4. The Morgan fingerprint density at radius 1 is 1.24 bits per heavy atom. The quantitative estimate of drug-likeness (QED) is 0.808. The predicted molar refractivity (Wildman–Crippen MR) is 58.7 cm³/mol. The topological polar surface area (TPSA) is 72.2 Å². The molecular formula is C10H12F2N2O2S. The minimum atomic E-state index is -4.15. The number of hydrogen-bond donors (Lipinski definition) is 2. The molecule has 0 saturated heterocycles. The summed E-state index contributed by atoms with van der Waals surface area (Å²) in [6.45, 7) is 0. The van der Waals surface area contributed by atoms with E-state index in [4.69, 9.17) is 5.73 Å². The van der Waals surface area contributed by atoms with Crippen molar-refractivity contribution >= 4 is 15.7 Å². The maximum Gasteiger partial charge on any atom is 0.246 e. The third-order valence-electron chi connectivity index (χ3n) is 2.72. The van der Waals surface area contributed by atoms with E-state index in [1.165, 1.54) is 0 Å². The Labute approximate surface area is 97.9 Å². The van der Waals surface area contributed by atoms with Gasteiger partial charge in [-0.05, 0) is 25.0 Å². The minimum absolute atomic E-state index is 0.150. The largest absolute Gasteiger partial charge is 0.399 e. The van der Waals surface area contributed by atoms with Crippen LogP contribution in [-0.4, -0.2) is 14.5 Å². The van der Waals surface area contributed by atoms with Gasteiger partial charge >= 0.3 is 0 Å². The average molecular weight is 262 g/mol. The van der Waals surface area contributed by atoms with Crippen molar-refractivity contribution in [3.8, 4) is 0 Å². The van der Waals surface area contributed by atoms with Crippen LogP contribution in [0.3, 0.4) is 0 Å². The summed E-state index contributed by atoms with van der Waals surface area (Å²) in [7, 11) is -4.15. The molecule has 2 rings (SSSR count). The number of rotatable bonds is 3. The summed E-state index contributed by atoms with van der Waals surface area (Å²) in [5.74, 6) is -2.34. The van der Waals surface area contributed by atoms with Crippen LogP contribution in [-0.2, 0) is 10.0 Å². The molecule has 0 heterocycles. The number of nitrogens with one attached hydrogen (secondary N) is 1. The molecule has 0 spiro atoms. The molecular weight excluding hydrogens is 250 g/mol. The number of hydrogen-bond acceptors (Lipinski definition) is 3. The normalized spacial score (nSPS) is 16.8. The highest BCUT2D eigenvalue weighted by atomic mass is 32.2. The highest BCUT2D eigenvalue weighted by Crippen LogP contribution is 2.25. The monoisotopic (exact) mass is 262 g/mol. The van der Waals surface area contributed by atoms with Gasteiger partial charge < -0.3 is 5.73 Å². The Hall–Kier alpha value is -1.21. The molecule has 7 heteroatoms. The fourth-order valence-corrected chi connectivity index (χ4v) is 3.06. The van der Waals surface area contributed by atoms with Crippen LogP contribution >= 0.6 is 0 Å². The van der Waals surface area contributed by atoms with Gasteiger partial charge in [0, 0.05) is 11.7 Å². The number of sulfonamides is 1. The molecule has 4 nitrogen and oxygen atoms in total. The third-order valence-corrected chi connectivity index (χ3v) is 4.29. The van der Waals surface area contributed by atoms with E-state index in [0.717, 1.165) is 18.6 Å². The van der Waals surface area contributed by atoms with Crippen molar-refractivity contribution in [3.63, 3.8) is 0 Å². The maximum absolute atomic E-state index is 13.4. The fourth-order valence-electron chi connectivity index (χ4n) is 1.64. The average Bonchev–Trinajstić information content (AvgIpc) is 2.09. The molecule has 1 fully saturated rings.